The number of benzene rings is 2. The van der Waals surface area contributed by atoms with E-state index in [1.807, 2.05) is 66.7 Å². The number of nitrogens with zero attached hydrogens (tertiary/aromatic N) is 3. The van der Waals surface area contributed by atoms with E-state index in [0.717, 1.165) is 16.7 Å². The second kappa shape index (κ2) is 6.72. The van der Waals surface area contributed by atoms with E-state index in [2.05, 4.69) is 27.1 Å². The highest BCUT2D eigenvalue weighted by atomic mass is 35.5. The Kier molecular flexibility index (Phi) is 4.12. The van der Waals surface area contributed by atoms with Crippen LogP contribution >= 0.6 is 11.6 Å². The molecule has 0 saturated heterocycles. The highest BCUT2D eigenvalue weighted by Gasteiger charge is 2.12. The minimum atomic E-state index is 0.556. The topological polar surface area (TPSA) is 38.7 Å². The summed E-state index contributed by atoms with van der Waals surface area (Å²) in [7, 11) is 0. The van der Waals surface area contributed by atoms with Crippen molar-refractivity contribution in [1.29, 1.82) is 0 Å². The van der Waals surface area contributed by atoms with Gasteiger partial charge in [-0.2, -0.15) is 0 Å². The van der Waals surface area contributed by atoms with Crippen LogP contribution in [0.15, 0.2) is 72.8 Å². The van der Waals surface area contributed by atoms with Crippen LogP contribution in [-0.4, -0.2) is 15.0 Å². The number of hydrogen-bond donors (Lipinski definition) is 0. The van der Waals surface area contributed by atoms with Crippen molar-refractivity contribution < 1.29 is 0 Å². The van der Waals surface area contributed by atoms with Crippen molar-refractivity contribution in [1.82, 2.24) is 15.0 Å². The number of aromatic nitrogens is 3. The lowest BCUT2D eigenvalue weighted by Crippen LogP contribution is -1.99. The van der Waals surface area contributed by atoms with Crippen LogP contribution in [0.1, 0.15) is 0 Å². The van der Waals surface area contributed by atoms with Crippen LogP contribution in [0.4, 0.5) is 0 Å². The van der Waals surface area contributed by atoms with Crippen LogP contribution in [-0.2, 0) is 0 Å². The molecule has 0 amide bonds. The highest BCUT2D eigenvalue weighted by Crippen LogP contribution is 2.25. The Hall–Kier alpha value is -3.22. The van der Waals surface area contributed by atoms with Crippen molar-refractivity contribution in [2.75, 3.05) is 0 Å². The van der Waals surface area contributed by atoms with Crippen molar-refractivity contribution in [3.05, 3.63) is 90.0 Å². The van der Waals surface area contributed by atoms with Gasteiger partial charge in [0, 0.05) is 16.1 Å². The first-order valence-corrected chi connectivity index (χ1v) is 8.13. The van der Waals surface area contributed by atoms with Gasteiger partial charge in [0.1, 0.15) is 0 Å². The maximum atomic E-state index is 6.13. The number of hydrogen-bond acceptors (Lipinski definition) is 3. The lowest BCUT2D eigenvalue weighted by Gasteiger charge is -2.07. The van der Waals surface area contributed by atoms with E-state index in [-0.39, 0.29) is 0 Å². The fourth-order valence-corrected chi connectivity index (χ4v) is 2.64. The predicted molar refractivity (Wildman–Crippen MR) is 98.8 cm³/mol. The average molecular weight is 342 g/mol. The largest absolute Gasteiger partial charge is 0.208 e. The monoisotopic (exact) mass is 341 g/mol. The molecule has 4 heteroatoms. The zero-order valence-electron chi connectivity index (χ0n) is 13.1. The van der Waals surface area contributed by atoms with E-state index in [1.54, 1.807) is 6.07 Å². The van der Waals surface area contributed by atoms with E-state index in [1.165, 1.54) is 0 Å². The Bertz CT molecular complexity index is 944. The molecule has 0 bridgehead atoms. The zero-order chi connectivity index (χ0) is 17.1. The van der Waals surface area contributed by atoms with Crippen LogP contribution in [0.3, 0.4) is 0 Å². The molecule has 0 fully saturated rings. The van der Waals surface area contributed by atoms with E-state index in [9.17, 15) is 0 Å². The first-order valence-electron chi connectivity index (χ1n) is 7.76. The molecule has 0 aliphatic heterocycles. The molecule has 3 nitrogen and oxygen atoms in total. The normalized spacial score (nSPS) is 10.3. The molecule has 3 aromatic carbocycles. The molecule has 0 spiro atoms. The molecule has 0 aliphatic rings. The average Bonchev–Trinajstić information content (AvgIpc) is 2.69. The SMILES string of the molecule is Clc1cccc(-c2nc(-c3c#cccc3)nc(-c3ccccc3)n2)c1. The lowest BCUT2D eigenvalue weighted by atomic mass is 10.1. The zero-order valence-corrected chi connectivity index (χ0v) is 13.9. The van der Waals surface area contributed by atoms with Crippen molar-refractivity contribution in [3.8, 4) is 34.2 Å². The Morgan fingerprint density at radius 3 is 2.12 bits per heavy atom. The second-order valence-corrected chi connectivity index (χ2v) is 5.83. The molecule has 0 saturated carbocycles. The molecule has 0 radical (unpaired) electrons. The van der Waals surface area contributed by atoms with Gasteiger partial charge in [0.15, 0.2) is 17.5 Å². The Morgan fingerprint density at radius 2 is 1.40 bits per heavy atom. The van der Waals surface area contributed by atoms with E-state index in [4.69, 9.17) is 11.6 Å². The Balaban J connectivity index is 1.92. The smallest absolute Gasteiger partial charge is 0.172 e. The molecular formula is C21H12ClN3. The first kappa shape index (κ1) is 15.3. The summed E-state index contributed by atoms with van der Waals surface area (Å²) in [5, 5.41) is 0.639. The van der Waals surface area contributed by atoms with Crippen LogP contribution in [0.2, 0.25) is 5.02 Å². The summed E-state index contributed by atoms with van der Waals surface area (Å²) in [6, 6.07) is 28.9. The van der Waals surface area contributed by atoms with Crippen LogP contribution in [0, 0.1) is 12.1 Å². The summed E-state index contributed by atoms with van der Waals surface area (Å²) in [5.74, 6) is 1.74. The van der Waals surface area contributed by atoms with Crippen LogP contribution in [0.5, 0.6) is 0 Å². The third kappa shape index (κ3) is 3.35. The first-order chi connectivity index (χ1) is 12.3. The Labute approximate surface area is 151 Å². The summed E-state index contributed by atoms with van der Waals surface area (Å²) >= 11 is 6.13. The quantitative estimate of drug-likeness (QED) is 0.518. The standard InChI is InChI=1S/C21H12ClN3/c22-18-13-7-12-17(14-18)21-24-19(15-8-3-1-4-9-15)23-20(25-21)16-10-5-2-6-11-16/h1-5,7-10,12-14H. The van der Waals surface area contributed by atoms with Gasteiger partial charge in [-0.3, -0.25) is 0 Å². The molecular weight excluding hydrogens is 330 g/mol. The van der Waals surface area contributed by atoms with E-state index < -0.39 is 0 Å². The van der Waals surface area contributed by atoms with Gasteiger partial charge in [-0.1, -0.05) is 72.3 Å². The van der Waals surface area contributed by atoms with Crippen molar-refractivity contribution >= 4 is 11.6 Å². The van der Waals surface area contributed by atoms with E-state index >= 15 is 0 Å². The highest BCUT2D eigenvalue weighted by molar-refractivity contribution is 6.30. The molecule has 0 atom stereocenters. The summed E-state index contributed by atoms with van der Waals surface area (Å²) in [6.45, 7) is 0. The fraction of sp³-hybridized carbons (Fsp3) is 0. The van der Waals surface area contributed by atoms with Crippen LogP contribution < -0.4 is 0 Å². The second-order valence-electron chi connectivity index (χ2n) is 5.39. The molecule has 25 heavy (non-hydrogen) atoms. The van der Waals surface area contributed by atoms with Gasteiger partial charge in [-0.25, -0.2) is 15.0 Å². The Morgan fingerprint density at radius 1 is 0.680 bits per heavy atom. The third-order valence-corrected chi connectivity index (χ3v) is 3.88. The third-order valence-electron chi connectivity index (χ3n) is 3.64. The van der Waals surface area contributed by atoms with Gasteiger partial charge < -0.3 is 0 Å². The van der Waals surface area contributed by atoms with Gasteiger partial charge in [0.25, 0.3) is 0 Å². The molecule has 0 unspecified atom stereocenters. The number of rotatable bonds is 3. The summed E-state index contributed by atoms with van der Waals surface area (Å²) in [4.78, 5) is 13.9. The minimum absolute atomic E-state index is 0.556. The molecule has 0 N–H and O–H groups in total. The van der Waals surface area contributed by atoms with Gasteiger partial charge >= 0.3 is 0 Å². The molecule has 0 aliphatic carbocycles. The van der Waals surface area contributed by atoms with E-state index in [0.29, 0.717) is 22.5 Å². The summed E-state index contributed by atoms with van der Waals surface area (Å²) < 4.78 is 0. The summed E-state index contributed by atoms with van der Waals surface area (Å²) in [5.41, 5.74) is 2.54. The van der Waals surface area contributed by atoms with Gasteiger partial charge in [0.2, 0.25) is 0 Å². The van der Waals surface area contributed by atoms with Gasteiger partial charge in [0.05, 0.1) is 5.56 Å². The molecule has 1 heterocycles. The van der Waals surface area contributed by atoms with Gasteiger partial charge in [-0.15, -0.1) is 0 Å². The summed E-state index contributed by atoms with van der Waals surface area (Å²) in [6.07, 6.45) is 0. The number of halogens is 1. The molecule has 1 aromatic heterocycles. The molecule has 4 rings (SSSR count). The predicted octanol–water partition coefficient (Wildman–Crippen LogP) is 5.13. The fourth-order valence-electron chi connectivity index (χ4n) is 2.45. The molecule has 118 valence electrons. The lowest BCUT2D eigenvalue weighted by molar-refractivity contribution is 1.07. The van der Waals surface area contributed by atoms with Crippen molar-refractivity contribution in [2.45, 2.75) is 0 Å². The maximum absolute atomic E-state index is 6.13. The van der Waals surface area contributed by atoms with Crippen LogP contribution in [0.25, 0.3) is 34.2 Å². The molecule has 4 aromatic rings. The minimum Gasteiger partial charge on any atom is -0.208 e. The van der Waals surface area contributed by atoms with Crippen molar-refractivity contribution in [2.24, 2.45) is 0 Å². The van der Waals surface area contributed by atoms with Gasteiger partial charge in [-0.05, 0) is 24.3 Å². The maximum Gasteiger partial charge on any atom is 0.172 e. The van der Waals surface area contributed by atoms with Crippen molar-refractivity contribution in [3.63, 3.8) is 0 Å².